The van der Waals surface area contributed by atoms with Crippen molar-refractivity contribution in [3.8, 4) is 0 Å². The Morgan fingerprint density at radius 3 is 1.27 bits per heavy atom. The van der Waals surface area contributed by atoms with Gasteiger partial charge in [0.05, 0.1) is 27.7 Å². The minimum Gasteiger partial charge on any atom is -0.756 e. The molecule has 0 heterocycles. The van der Waals surface area contributed by atoms with E-state index in [1.165, 1.54) is 19.3 Å². The van der Waals surface area contributed by atoms with Crippen LogP contribution in [0.4, 0.5) is 0 Å². The van der Waals surface area contributed by atoms with Crippen molar-refractivity contribution in [2.45, 2.75) is 161 Å². The number of nitrogens with zero attached hydrogens (tertiary/aromatic N) is 1. The first-order valence-corrected chi connectivity index (χ1v) is 26.4. The lowest BCUT2D eigenvalue weighted by molar-refractivity contribution is -0.870. The zero-order valence-corrected chi connectivity index (χ0v) is 42.7. The van der Waals surface area contributed by atoms with Gasteiger partial charge in [-0.05, 0) is 96.3 Å². The van der Waals surface area contributed by atoms with Gasteiger partial charge in [-0.2, -0.15) is 0 Å². The normalized spacial score (nSPS) is 14.6. The second kappa shape index (κ2) is 46.3. The van der Waals surface area contributed by atoms with E-state index in [2.05, 4.69) is 135 Å². The summed E-state index contributed by atoms with van der Waals surface area (Å²) in [5, 5.41) is 0. The van der Waals surface area contributed by atoms with Gasteiger partial charge in [0.1, 0.15) is 19.8 Å². The van der Waals surface area contributed by atoms with Crippen molar-refractivity contribution < 1.29 is 42.1 Å². The van der Waals surface area contributed by atoms with E-state index in [0.29, 0.717) is 23.9 Å². The molecule has 66 heavy (non-hydrogen) atoms. The van der Waals surface area contributed by atoms with E-state index in [9.17, 15) is 19.0 Å². The average Bonchev–Trinajstić information content (AvgIpc) is 3.27. The average molecular weight is 936 g/mol. The number of hydrogen-bond acceptors (Lipinski definition) is 8. The summed E-state index contributed by atoms with van der Waals surface area (Å²) in [4.78, 5) is 37.7. The van der Waals surface area contributed by atoms with Gasteiger partial charge in [-0.3, -0.25) is 14.2 Å². The summed E-state index contributed by atoms with van der Waals surface area (Å²) in [5.41, 5.74) is 0. The molecule has 9 nitrogen and oxygen atoms in total. The molecule has 0 rings (SSSR count). The van der Waals surface area contributed by atoms with Crippen LogP contribution in [0.2, 0.25) is 0 Å². The highest BCUT2D eigenvalue weighted by molar-refractivity contribution is 7.45. The van der Waals surface area contributed by atoms with Crippen LogP contribution in [-0.2, 0) is 32.7 Å². The highest BCUT2D eigenvalue weighted by atomic mass is 31.2. The number of esters is 2. The van der Waals surface area contributed by atoms with Gasteiger partial charge in [0, 0.05) is 12.8 Å². The van der Waals surface area contributed by atoms with Crippen LogP contribution in [0.1, 0.15) is 155 Å². The lowest BCUT2D eigenvalue weighted by Gasteiger charge is -2.28. The molecule has 0 aromatic rings. The Morgan fingerprint density at radius 2 is 0.848 bits per heavy atom. The smallest absolute Gasteiger partial charge is 0.306 e. The Balaban J connectivity index is 4.43. The number of likely N-dealkylation sites (N-methyl/N-ethyl adjacent to an activating group) is 1. The Morgan fingerprint density at radius 1 is 0.470 bits per heavy atom. The van der Waals surface area contributed by atoms with E-state index in [1.807, 2.05) is 33.3 Å². The van der Waals surface area contributed by atoms with Crippen LogP contribution in [0.5, 0.6) is 0 Å². The van der Waals surface area contributed by atoms with Gasteiger partial charge in [0.25, 0.3) is 7.82 Å². The number of carbonyl (C=O) groups excluding carboxylic acids is 2. The van der Waals surface area contributed by atoms with Gasteiger partial charge in [-0.15, -0.1) is 0 Å². The molecule has 10 heteroatoms. The summed E-state index contributed by atoms with van der Waals surface area (Å²) in [6, 6.07) is 0. The van der Waals surface area contributed by atoms with E-state index in [1.54, 1.807) is 0 Å². The fourth-order valence-electron chi connectivity index (χ4n) is 5.88. The van der Waals surface area contributed by atoms with E-state index < -0.39 is 32.5 Å². The van der Waals surface area contributed by atoms with Crippen LogP contribution in [0.3, 0.4) is 0 Å². The number of rotatable bonds is 43. The minimum atomic E-state index is -4.66. The third-order valence-corrected chi connectivity index (χ3v) is 10.6. The molecule has 0 saturated carbocycles. The molecule has 0 spiro atoms. The number of carbonyl (C=O) groups is 2. The molecular formula is C56H90NO8P. The first-order valence-electron chi connectivity index (χ1n) is 24.9. The third kappa shape index (κ3) is 49.6. The zero-order chi connectivity index (χ0) is 48.5. The van der Waals surface area contributed by atoms with Crippen LogP contribution >= 0.6 is 7.82 Å². The van der Waals surface area contributed by atoms with Gasteiger partial charge in [0.15, 0.2) is 6.10 Å². The maximum Gasteiger partial charge on any atom is 0.306 e. The fourth-order valence-corrected chi connectivity index (χ4v) is 6.61. The number of unbranched alkanes of at least 4 members (excludes halogenated alkanes) is 7. The molecule has 0 radical (unpaired) electrons. The molecule has 0 bridgehead atoms. The predicted octanol–water partition coefficient (Wildman–Crippen LogP) is 14.4. The summed E-state index contributed by atoms with van der Waals surface area (Å²) in [7, 11) is 1.09. The molecule has 0 N–H and O–H groups in total. The summed E-state index contributed by atoms with van der Waals surface area (Å²) in [5.74, 6) is -0.959. The number of phosphoric ester groups is 1. The second-order valence-corrected chi connectivity index (χ2v) is 18.5. The first kappa shape index (κ1) is 62.1. The van der Waals surface area contributed by atoms with E-state index >= 15 is 0 Å². The first-order chi connectivity index (χ1) is 32.0. The number of hydrogen-bond donors (Lipinski definition) is 0. The molecule has 0 aromatic carbocycles. The maximum atomic E-state index is 12.7. The maximum absolute atomic E-state index is 12.7. The van der Waals surface area contributed by atoms with Crippen molar-refractivity contribution in [1.82, 2.24) is 0 Å². The summed E-state index contributed by atoms with van der Waals surface area (Å²) >= 11 is 0. The lowest BCUT2D eigenvalue weighted by Crippen LogP contribution is -2.37. The molecule has 0 aromatic heterocycles. The topological polar surface area (TPSA) is 111 Å². The summed E-state index contributed by atoms with van der Waals surface area (Å²) < 4.78 is 33.9. The molecule has 372 valence electrons. The molecule has 0 saturated heterocycles. The van der Waals surface area contributed by atoms with Gasteiger partial charge < -0.3 is 27.9 Å². The van der Waals surface area contributed by atoms with Crippen molar-refractivity contribution in [2.24, 2.45) is 0 Å². The molecule has 2 atom stereocenters. The van der Waals surface area contributed by atoms with Gasteiger partial charge in [-0.1, -0.05) is 180 Å². The van der Waals surface area contributed by atoms with Crippen LogP contribution in [0, 0.1) is 0 Å². The largest absolute Gasteiger partial charge is 0.756 e. The van der Waals surface area contributed by atoms with Gasteiger partial charge in [-0.25, -0.2) is 0 Å². The Hall–Kier alpha value is -3.85. The van der Waals surface area contributed by atoms with Crippen LogP contribution < -0.4 is 4.89 Å². The van der Waals surface area contributed by atoms with Crippen LogP contribution in [-0.4, -0.2) is 70.0 Å². The molecule has 0 aliphatic heterocycles. The van der Waals surface area contributed by atoms with Crippen molar-refractivity contribution in [2.75, 3.05) is 47.5 Å². The number of quaternary nitrogens is 1. The predicted molar refractivity (Wildman–Crippen MR) is 277 cm³/mol. The van der Waals surface area contributed by atoms with Crippen LogP contribution in [0.15, 0.2) is 134 Å². The minimum absolute atomic E-state index is 0.0548. The SMILES string of the molecule is CC/C=C\C/C=C\C/C=C\C/C=C\C/C=C\C/C=C\CCC(=O)OC(COC(=O)CCCCCCCCC/C=C\C/C=C\C/C=C\C/C=C\C/C=C\CC)COP(=O)([O-])OCC[N+](C)(C)C. The molecule has 2 unspecified atom stereocenters. The number of phosphoric acid groups is 1. The second-order valence-electron chi connectivity index (χ2n) is 17.1. The molecule has 0 aliphatic rings. The molecule has 0 fully saturated rings. The fraction of sp³-hybridized carbons (Fsp3) is 0.571. The standard InChI is InChI=1S/C56H90NO8P/c1-6-8-10-12-14-16-18-20-22-24-26-27-28-29-31-32-34-36-38-40-42-44-46-48-55(58)62-52-54(53-64-66(60,61)63-51-50-57(3,4)5)65-56(59)49-47-45-43-41-39-37-35-33-30-25-23-21-19-17-15-13-11-9-7-2/h8-11,14-17,20-23,26-27,29-31,33,37,39,43,45,54H,6-7,12-13,18-19,24-25,28,32,34-36,38,40-42,44,46-53H2,1-5H3/b10-8-,11-9-,16-14-,17-15-,22-20-,23-21-,27-26-,31-29-,33-30-,39-37-,45-43-. The Bertz CT molecular complexity index is 1570. The van der Waals surface area contributed by atoms with Crippen molar-refractivity contribution in [3.63, 3.8) is 0 Å². The molecular weight excluding hydrogens is 846 g/mol. The molecule has 0 amide bonds. The summed E-state index contributed by atoms with van der Waals surface area (Å²) in [6.07, 6.45) is 66.4. The van der Waals surface area contributed by atoms with Crippen molar-refractivity contribution in [3.05, 3.63) is 134 Å². The monoisotopic (exact) mass is 936 g/mol. The number of ether oxygens (including phenoxy) is 2. The lowest BCUT2D eigenvalue weighted by atomic mass is 10.1. The van der Waals surface area contributed by atoms with Gasteiger partial charge in [0.2, 0.25) is 0 Å². The van der Waals surface area contributed by atoms with Crippen molar-refractivity contribution >= 4 is 19.8 Å². The summed E-state index contributed by atoms with van der Waals surface area (Å²) in [6.45, 7) is 3.87. The zero-order valence-electron chi connectivity index (χ0n) is 41.8. The Labute approximate surface area is 402 Å². The van der Waals surface area contributed by atoms with Gasteiger partial charge >= 0.3 is 11.9 Å². The third-order valence-electron chi connectivity index (χ3n) is 9.68. The highest BCUT2D eigenvalue weighted by Crippen LogP contribution is 2.38. The molecule has 0 aliphatic carbocycles. The van der Waals surface area contributed by atoms with E-state index in [4.69, 9.17) is 18.5 Å². The van der Waals surface area contributed by atoms with E-state index in [-0.39, 0.29) is 26.1 Å². The highest BCUT2D eigenvalue weighted by Gasteiger charge is 2.21. The van der Waals surface area contributed by atoms with E-state index in [0.717, 1.165) is 96.3 Å². The quantitative estimate of drug-likeness (QED) is 0.0195. The van der Waals surface area contributed by atoms with Crippen molar-refractivity contribution in [1.29, 1.82) is 0 Å². The number of allylic oxidation sites excluding steroid dienone is 22. The Kier molecular flexibility index (Phi) is 43.6. The van der Waals surface area contributed by atoms with Crippen LogP contribution in [0.25, 0.3) is 0 Å².